The predicted molar refractivity (Wildman–Crippen MR) is 271 cm³/mol. The number of aryl methyl sites for hydroxylation is 1. The molecule has 6 rings (SSSR count). The number of rotatable bonds is 24. The molecule has 0 radical (unpaired) electrons. The standard InChI is InChI=1S/C56H66N4O10/c1-6-8-10-11-12-13-14-15-16-25-35-68-47-34-33-39(3)36-45(47)57-51(63)44-37-48(41-28-21-22-29-42(41)50(44)62)70-52(64)43-30-23-24-31-46(43)58(5)55(67)60-54(66)56(4,38-69-49(61)32-18-9-7-2)53(65)59(60)40-26-19-17-20-27-40/h17,19-24,26-31,33-34,36-37,62H,6-16,18,25,32,35,38H2,1-5H3,(H,57,63). The monoisotopic (exact) mass is 954 g/mol. The molecule has 1 unspecified atom stereocenters. The third kappa shape index (κ3) is 12.5. The largest absolute Gasteiger partial charge is 0.506 e. The number of aromatic hydroxyl groups is 1. The number of nitrogens with zero attached hydrogens (tertiary/aromatic N) is 3. The third-order valence-electron chi connectivity index (χ3n) is 12.6. The zero-order valence-electron chi connectivity index (χ0n) is 41.1. The summed E-state index contributed by atoms with van der Waals surface area (Å²) in [5.74, 6) is -3.78. The average molecular weight is 955 g/mol. The van der Waals surface area contributed by atoms with Gasteiger partial charge in [-0.05, 0) is 74.7 Å². The molecule has 14 heteroatoms. The summed E-state index contributed by atoms with van der Waals surface area (Å²) in [5.41, 5.74) is -0.694. The van der Waals surface area contributed by atoms with E-state index < -0.39 is 47.7 Å². The first-order chi connectivity index (χ1) is 33.8. The molecule has 2 N–H and O–H groups in total. The molecule has 0 aromatic heterocycles. The quantitative estimate of drug-likeness (QED) is 0.0262. The molecule has 1 atom stereocenters. The molecule has 0 bridgehead atoms. The SMILES string of the molecule is CCCCCCCCCCCCOc1ccc(C)cc1NC(=O)c1cc(OC(=O)c2ccccc2N(C)C(=O)N2C(=O)C(C)(COC(=O)CCCCC)C(=O)N2c2ccccc2)c2ccccc2c1O. The molecule has 1 aliphatic heterocycles. The number of carbonyl (C=O) groups excluding carboxylic acids is 6. The number of amides is 5. The van der Waals surface area contributed by atoms with Crippen LogP contribution in [0, 0.1) is 12.3 Å². The number of benzene rings is 5. The van der Waals surface area contributed by atoms with Crippen LogP contribution in [0.25, 0.3) is 10.8 Å². The van der Waals surface area contributed by atoms with Crippen LogP contribution >= 0.6 is 0 Å². The number of ether oxygens (including phenoxy) is 3. The molecule has 1 fully saturated rings. The van der Waals surface area contributed by atoms with Crippen LogP contribution in [0.4, 0.5) is 21.9 Å². The van der Waals surface area contributed by atoms with Crippen LogP contribution in [-0.2, 0) is 19.1 Å². The molecule has 14 nitrogen and oxygen atoms in total. The maximum Gasteiger partial charge on any atom is 0.350 e. The molecule has 5 aromatic carbocycles. The van der Waals surface area contributed by atoms with Gasteiger partial charge in [0.05, 0.1) is 34.8 Å². The number of unbranched alkanes of at least 4 members (excludes halogenated alkanes) is 11. The van der Waals surface area contributed by atoms with Gasteiger partial charge in [-0.2, -0.15) is 5.01 Å². The zero-order valence-corrected chi connectivity index (χ0v) is 41.1. The van der Waals surface area contributed by atoms with Crippen molar-refractivity contribution < 1.29 is 48.1 Å². The molecular formula is C56H66N4O10. The van der Waals surface area contributed by atoms with Crippen molar-refractivity contribution in [3.63, 3.8) is 0 Å². The van der Waals surface area contributed by atoms with Gasteiger partial charge in [-0.3, -0.25) is 24.1 Å². The second-order valence-corrected chi connectivity index (χ2v) is 18.1. The first kappa shape index (κ1) is 52.2. The molecule has 5 aromatic rings. The maximum absolute atomic E-state index is 14.6. The summed E-state index contributed by atoms with van der Waals surface area (Å²) in [6.07, 6.45) is 14.3. The van der Waals surface area contributed by atoms with Crippen molar-refractivity contribution in [2.24, 2.45) is 5.41 Å². The highest BCUT2D eigenvalue weighted by Gasteiger charge is 2.59. The van der Waals surface area contributed by atoms with Gasteiger partial charge < -0.3 is 24.6 Å². The minimum atomic E-state index is -1.95. The number of imide groups is 1. The number of para-hydroxylation sites is 2. The lowest BCUT2D eigenvalue weighted by atomic mass is 9.91. The summed E-state index contributed by atoms with van der Waals surface area (Å²) >= 11 is 0. The van der Waals surface area contributed by atoms with E-state index in [1.54, 1.807) is 78.9 Å². The molecule has 5 amide bonds. The second-order valence-electron chi connectivity index (χ2n) is 18.1. The summed E-state index contributed by atoms with van der Waals surface area (Å²) in [7, 11) is 1.34. The van der Waals surface area contributed by atoms with Crippen LogP contribution in [-0.4, -0.2) is 66.1 Å². The number of esters is 2. The molecule has 1 heterocycles. The first-order valence-corrected chi connectivity index (χ1v) is 24.6. The smallest absolute Gasteiger partial charge is 0.350 e. The van der Waals surface area contributed by atoms with Gasteiger partial charge in [0.2, 0.25) is 0 Å². The Hall–Kier alpha value is -7.22. The number of nitrogens with one attached hydrogen (secondary N) is 1. The van der Waals surface area contributed by atoms with Crippen molar-refractivity contribution in [3.05, 3.63) is 120 Å². The van der Waals surface area contributed by atoms with Crippen LogP contribution in [0.15, 0.2) is 103 Å². The minimum Gasteiger partial charge on any atom is -0.506 e. The van der Waals surface area contributed by atoms with Gasteiger partial charge in [-0.25, -0.2) is 14.6 Å². The fourth-order valence-electron chi connectivity index (χ4n) is 8.41. The summed E-state index contributed by atoms with van der Waals surface area (Å²) in [6, 6.07) is 26.6. The number of hydrogen-bond donors (Lipinski definition) is 2. The van der Waals surface area contributed by atoms with Crippen LogP contribution in [0.5, 0.6) is 17.2 Å². The number of fused-ring (bicyclic) bond motifs is 1. The number of hydrogen-bond acceptors (Lipinski definition) is 10. The van der Waals surface area contributed by atoms with Gasteiger partial charge in [-0.1, -0.05) is 145 Å². The Morgan fingerprint density at radius 3 is 2.00 bits per heavy atom. The van der Waals surface area contributed by atoms with E-state index in [2.05, 4.69) is 12.2 Å². The number of phenolic OH excluding ortho intramolecular Hbond substituents is 1. The summed E-state index contributed by atoms with van der Waals surface area (Å²) in [4.78, 5) is 85.2. The molecule has 0 spiro atoms. The van der Waals surface area contributed by atoms with E-state index in [9.17, 15) is 33.9 Å². The lowest BCUT2D eigenvalue weighted by molar-refractivity contribution is -0.152. The van der Waals surface area contributed by atoms with E-state index in [0.29, 0.717) is 34.9 Å². The van der Waals surface area contributed by atoms with E-state index in [1.165, 1.54) is 77.1 Å². The van der Waals surface area contributed by atoms with Crippen molar-refractivity contribution in [2.45, 2.75) is 118 Å². The van der Waals surface area contributed by atoms with E-state index in [1.807, 2.05) is 19.9 Å². The van der Waals surface area contributed by atoms with Crippen LogP contribution in [0.2, 0.25) is 0 Å². The van der Waals surface area contributed by atoms with Crippen LogP contribution in [0.1, 0.15) is 137 Å². The Bertz CT molecular complexity index is 2650. The minimum absolute atomic E-state index is 0.0209. The second kappa shape index (κ2) is 24.9. The highest BCUT2D eigenvalue weighted by molar-refractivity contribution is 6.24. The van der Waals surface area contributed by atoms with Crippen LogP contribution in [0.3, 0.4) is 0 Å². The topological polar surface area (TPSA) is 172 Å². The summed E-state index contributed by atoms with van der Waals surface area (Å²) in [6.45, 7) is 7.33. The van der Waals surface area contributed by atoms with Crippen molar-refractivity contribution >= 4 is 63.5 Å². The highest BCUT2D eigenvalue weighted by Crippen LogP contribution is 2.40. The van der Waals surface area contributed by atoms with Crippen molar-refractivity contribution in [3.8, 4) is 17.2 Å². The molecule has 370 valence electrons. The molecule has 1 saturated heterocycles. The fourth-order valence-corrected chi connectivity index (χ4v) is 8.41. The fraction of sp³-hybridized carbons (Fsp3) is 0.393. The Morgan fingerprint density at radius 2 is 1.30 bits per heavy atom. The predicted octanol–water partition coefficient (Wildman–Crippen LogP) is 12.1. The van der Waals surface area contributed by atoms with Gasteiger partial charge in [0.25, 0.3) is 17.7 Å². The lowest BCUT2D eigenvalue weighted by Crippen LogP contribution is -2.51. The van der Waals surface area contributed by atoms with Gasteiger partial charge in [0.15, 0.2) is 5.41 Å². The Balaban J connectivity index is 1.20. The Kier molecular flexibility index (Phi) is 18.5. The zero-order chi connectivity index (χ0) is 50.2. The van der Waals surface area contributed by atoms with Gasteiger partial charge in [0.1, 0.15) is 23.9 Å². The summed E-state index contributed by atoms with van der Waals surface area (Å²) in [5, 5.41) is 16.6. The van der Waals surface area contributed by atoms with E-state index in [-0.39, 0.29) is 45.8 Å². The van der Waals surface area contributed by atoms with E-state index in [0.717, 1.165) is 47.6 Å². The maximum atomic E-state index is 14.6. The molecule has 1 aliphatic rings. The highest BCUT2D eigenvalue weighted by atomic mass is 16.5. The third-order valence-corrected chi connectivity index (χ3v) is 12.6. The molecule has 0 saturated carbocycles. The number of anilines is 3. The van der Waals surface area contributed by atoms with Gasteiger partial charge in [-0.15, -0.1) is 0 Å². The first-order valence-electron chi connectivity index (χ1n) is 24.6. The van der Waals surface area contributed by atoms with E-state index >= 15 is 0 Å². The van der Waals surface area contributed by atoms with Crippen molar-refractivity contribution in [1.29, 1.82) is 0 Å². The lowest BCUT2D eigenvalue weighted by Gasteiger charge is -2.30. The number of carbonyl (C=O) groups is 6. The van der Waals surface area contributed by atoms with Crippen molar-refractivity contribution in [2.75, 3.05) is 35.5 Å². The normalized spacial score (nSPS) is 14.5. The molecular weight excluding hydrogens is 889 g/mol. The number of hydrazine groups is 1. The average Bonchev–Trinajstić information content (AvgIpc) is 3.56. The molecule has 70 heavy (non-hydrogen) atoms. The van der Waals surface area contributed by atoms with E-state index in [4.69, 9.17) is 14.2 Å². The molecule has 0 aliphatic carbocycles. The summed E-state index contributed by atoms with van der Waals surface area (Å²) < 4.78 is 17.6. The van der Waals surface area contributed by atoms with Gasteiger partial charge in [0, 0.05) is 24.2 Å². The Labute approximate surface area is 410 Å². The Morgan fingerprint density at radius 1 is 0.686 bits per heavy atom. The van der Waals surface area contributed by atoms with Gasteiger partial charge >= 0.3 is 18.0 Å². The number of urea groups is 1. The van der Waals surface area contributed by atoms with Crippen molar-refractivity contribution in [1.82, 2.24) is 5.01 Å². The number of phenols is 1. The van der Waals surface area contributed by atoms with Crippen LogP contribution < -0.4 is 24.7 Å².